The number of fused-ring (bicyclic) bond motifs is 1. The first-order valence-corrected chi connectivity index (χ1v) is 9.07. The first-order chi connectivity index (χ1) is 10.9. The van der Waals surface area contributed by atoms with Crippen molar-refractivity contribution >= 4 is 10.0 Å². The summed E-state index contributed by atoms with van der Waals surface area (Å²) in [6.45, 7) is 4.14. The number of nitrogens with zero attached hydrogens (tertiary/aromatic N) is 4. The van der Waals surface area contributed by atoms with E-state index in [1.165, 1.54) is 4.31 Å². The third-order valence-corrected chi connectivity index (χ3v) is 5.81. The Morgan fingerprint density at radius 2 is 1.87 bits per heavy atom. The molecule has 2 heterocycles. The highest BCUT2D eigenvalue weighted by Gasteiger charge is 2.29. The smallest absolute Gasteiger partial charge is 0.243 e. The maximum Gasteiger partial charge on any atom is 0.243 e. The van der Waals surface area contributed by atoms with Gasteiger partial charge in [-0.25, -0.2) is 13.4 Å². The Morgan fingerprint density at radius 3 is 2.52 bits per heavy atom. The number of sulfonamides is 1. The van der Waals surface area contributed by atoms with Gasteiger partial charge in [-0.2, -0.15) is 4.31 Å². The van der Waals surface area contributed by atoms with Gasteiger partial charge in [-0.3, -0.25) is 0 Å². The zero-order chi connectivity index (χ0) is 16.6. The maximum absolute atomic E-state index is 12.8. The van der Waals surface area contributed by atoms with Crippen molar-refractivity contribution in [2.24, 2.45) is 0 Å². The normalized spacial score (nSPS) is 15.8. The molecule has 0 saturated carbocycles. The van der Waals surface area contributed by atoms with Crippen molar-refractivity contribution in [1.29, 1.82) is 0 Å². The van der Waals surface area contributed by atoms with Crippen LogP contribution in [0.3, 0.4) is 0 Å². The zero-order valence-electron chi connectivity index (χ0n) is 13.7. The van der Waals surface area contributed by atoms with Crippen LogP contribution in [0, 0.1) is 6.92 Å². The van der Waals surface area contributed by atoms with E-state index in [1.807, 2.05) is 39.3 Å². The van der Waals surface area contributed by atoms with Crippen LogP contribution in [-0.4, -0.2) is 47.8 Å². The summed E-state index contributed by atoms with van der Waals surface area (Å²) >= 11 is 0. The second kappa shape index (κ2) is 6.07. The number of hydrogen-bond donors (Lipinski definition) is 0. The highest BCUT2D eigenvalue weighted by molar-refractivity contribution is 7.89. The average molecular weight is 334 g/mol. The van der Waals surface area contributed by atoms with Crippen molar-refractivity contribution in [1.82, 2.24) is 18.8 Å². The van der Waals surface area contributed by atoms with E-state index in [-0.39, 0.29) is 0 Å². The summed E-state index contributed by atoms with van der Waals surface area (Å²) in [5, 5.41) is 0. The molecule has 0 radical (unpaired) electrons. The van der Waals surface area contributed by atoms with Crippen LogP contribution in [-0.2, 0) is 29.7 Å². The summed E-state index contributed by atoms with van der Waals surface area (Å²) in [7, 11) is 0.519. The molecule has 23 heavy (non-hydrogen) atoms. The third-order valence-electron chi connectivity index (χ3n) is 3.95. The summed E-state index contributed by atoms with van der Waals surface area (Å²) in [5.74, 6) is 0.809. The number of aryl methyl sites for hydroxylation is 1. The van der Waals surface area contributed by atoms with Crippen molar-refractivity contribution in [3.8, 4) is 0 Å². The van der Waals surface area contributed by atoms with Gasteiger partial charge in [0.25, 0.3) is 0 Å². The number of imidazole rings is 1. The van der Waals surface area contributed by atoms with Crippen molar-refractivity contribution in [3.63, 3.8) is 0 Å². The fourth-order valence-electron chi connectivity index (χ4n) is 2.75. The summed E-state index contributed by atoms with van der Waals surface area (Å²) < 4.78 is 29.1. The second-order valence-corrected chi connectivity index (χ2v) is 8.17. The van der Waals surface area contributed by atoms with Gasteiger partial charge in [0.2, 0.25) is 10.0 Å². The molecule has 0 fully saturated rings. The van der Waals surface area contributed by atoms with Gasteiger partial charge in [0, 0.05) is 25.8 Å². The quantitative estimate of drug-likeness (QED) is 0.849. The van der Waals surface area contributed by atoms with Gasteiger partial charge in [0.1, 0.15) is 5.82 Å². The van der Waals surface area contributed by atoms with Crippen LogP contribution in [0.5, 0.6) is 0 Å². The molecule has 1 aliphatic heterocycles. The molecule has 3 rings (SSSR count). The van der Waals surface area contributed by atoms with Gasteiger partial charge in [0.05, 0.1) is 17.1 Å². The molecule has 7 heteroatoms. The lowest BCUT2D eigenvalue weighted by atomic mass is 10.2. The molecule has 0 spiro atoms. The van der Waals surface area contributed by atoms with Crippen LogP contribution in [0.4, 0.5) is 0 Å². The fourth-order valence-corrected chi connectivity index (χ4v) is 4.14. The molecule has 0 amide bonds. The predicted molar refractivity (Wildman–Crippen MR) is 88.4 cm³/mol. The van der Waals surface area contributed by atoms with Crippen molar-refractivity contribution in [2.75, 3.05) is 20.6 Å². The van der Waals surface area contributed by atoms with Crippen LogP contribution in [0.2, 0.25) is 0 Å². The number of aromatic nitrogens is 2. The molecule has 0 unspecified atom stereocenters. The van der Waals surface area contributed by atoms with Gasteiger partial charge in [0.15, 0.2) is 0 Å². The maximum atomic E-state index is 12.8. The minimum absolute atomic E-state index is 0.323. The molecular formula is C16H22N4O2S. The Labute approximate surface area is 137 Å². The van der Waals surface area contributed by atoms with E-state index in [2.05, 4.69) is 14.5 Å². The van der Waals surface area contributed by atoms with E-state index < -0.39 is 10.0 Å². The lowest BCUT2D eigenvalue weighted by Crippen LogP contribution is -2.38. The molecule has 0 atom stereocenters. The zero-order valence-corrected chi connectivity index (χ0v) is 14.5. The highest BCUT2D eigenvalue weighted by Crippen LogP contribution is 2.22. The Kier molecular flexibility index (Phi) is 4.27. The van der Waals surface area contributed by atoms with Crippen molar-refractivity contribution in [2.45, 2.75) is 31.5 Å². The molecule has 0 bridgehead atoms. The standard InChI is InChI=1S/C16H22N4O2S/c1-13-4-6-15(7-5-13)23(21,22)20-9-8-19-11-14(10-18(2)3)17-16(19)12-20/h4-7,11H,8-10,12H2,1-3H3. The second-order valence-electron chi connectivity index (χ2n) is 6.23. The monoisotopic (exact) mass is 334 g/mol. The Hall–Kier alpha value is -1.70. The van der Waals surface area contributed by atoms with Gasteiger partial charge >= 0.3 is 0 Å². The van der Waals surface area contributed by atoms with Crippen molar-refractivity contribution in [3.05, 3.63) is 47.5 Å². The number of hydrogen-bond acceptors (Lipinski definition) is 4. The van der Waals surface area contributed by atoms with Crippen molar-refractivity contribution < 1.29 is 8.42 Å². The Morgan fingerprint density at radius 1 is 1.17 bits per heavy atom. The minimum Gasteiger partial charge on any atom is -0.332 e. The van der Waals surface area contributed by atoms with E-state index in [4.69, 9.17) is 0 Å². The fraction of sp³-hybridized carbons (Fsp3) is 0.438. The molecule has 1 aromatic heterocycles. The van der Waals surface area contributed by atoms with E-state index in [9.17, 15) is 8.42 Å². The Bertz CT molecular complexity index is 794. The average Bonchev–Trinajstić information content (AvgIpc) is 2.87. The minimum atomic E-state index is -3.47. The predicted octanol–water partition coefficient (Wildman–Crippen LogP) is 1.46. The van der Waals surface area contributed by atoms with Gasteiger partial charge in [-0.15, -0.1) is 0 Å². The first-order valence-electron chi connectivity index (χ1n) is 7.63. The molecule has 6 nitrogen and oxygen atoms in total. The van der Waals surface area contributed by atoms with E-state index >= 15 is 0 Å². The summed E-state index contributed by atoms with van der Waals surface area (Å²) in [5.41, 5.74) is 2.02. The first kappa shape index (κ1) is 16.2. The van der Waals surface area contributed by atoms with Crippen LogP contribution in [0.15, 0.2) is 35.4 Å². The summed E-state index contributed by atoms with van der Waals surface area (Å²) in [4.78, 5) is 6.97. The van der Waals surface area contributed by atoms with Crippen LogP contribution in [0.25, 0.3) is 0 Å². The van der Waals surface area contributed by atoms with E-state index in [0.717, 1.165) is 23.6 Å². The highest BCUT2D eigenvalue weighted by atomic mass is 32.2. The topological polar surface area (TPSA) is 58.4 Å². The molecule has 2 aromatic rings. The molecule has 0 saturated heterocycles. The third kappa shape index (κ3) is 3.31. The lowest BCUT2D eigenvalue weighted by Gasteiger charge is -2.26. The SMILES string of the molecule is Cc1ccc(S(=O)(=O)N2CCn3cc(CN(C)C)nc3C2)cc1. The molecule has 1 aliphatic rings. The molecular weight excluding hydrogens is 312 g/mol. The largest absolute Gasteiger partial charge is 0.332 e. The molecule has 124 valence electrons. The number of rotatable bonds is 4. The lowest BCUT2D eigenvalue weighted by molar-refractivity contribution is 0.335. The van der Waals surface area contributed by atoms with Crippen LogP contribution < -0.4 is 0 Å². The van der Waals surface area contributed by atoms with E-state index in [0.29, 0.717) is 24.5 Å². The molecule has 1 aromatic carbocycles. The van der Waals surface area contributed by atoms with Gasteiger partial charge in [-0.05, 0) is 33.2 Å². The molecule has 0 N–H and O–H groups in total. The Balaban J connectivity index is 1.83. The summed E-state index contributed by atoms with van der Waals surface area (Å²) in [6, 6.07) is 6.99. The summed E-state index contributed by atoms with van der Waals surface area (Å²) in [6.07, 6.45) is 2.02. The molecule has 0 aliphatic carbocycles. The van der Waals surface area contributed by atoms with Gasteiger partial charge < -0.3 is 9.47 Å². The van der Waals surface area contributed by atoms with Crippen LogP contribution >= 0.6 is 0 Å². The number of benzene rings is 1. The van der Waals surface area contributed by atoms with E-state index in [1.54, 1.807) is 12.1 Å². The van der Waals surface area contributed by atoms with Crippen LogP contribution in [0.1, 0.15) is 17.1 Å². The van der Waals surface area contributed by atoms with Gasteiger partial charge in [-0.1, -0.05) is 17.7 Å².